The van der Waals surface area contributed by atoms with Crippen LogP contribution in [0.3, 0.4) is 0 Å². The molecule has 0 aromatic heterocycles. The van der Waals surface area contributed by atoms with Gasteiger partial charge in [0.25, 0.3) is 0 Å². The molecular formula is C14H19NO3. The largest absolute Gasteiger partial charge is 0.350 e. The first-order valence-electron chi connectivity index (χ1n) is 6.36. The number of hydrogen-bond acceptors (Lipinski definition) is 3. The highest BCUT2D eigenvalue weighted by Crippen LogP contribution is 2.12. The minimum absolute atomic E-state index is 0.145. The van der Waals surface area contributed by atoms with Crippen molar-refractivity contribution >= 4 is 5.91 Å². The zero-order chi connectivity index (χ0) is 12.8. The number of aryl methyl sites for hydroxylation is 1. The predicted octanol–water partition coefficient (Wildman–Crippen LogP) is 2.11. The van der Waals surface area contributed by atoms with Crippen LogP contribution in [-0.2, 0) is 20.8 Å². The van der Waals surface area contributed by atoms with E-state index in [9.17, 15) is 4.79 Å². The van der Waals surface area contributed by atoms with Crippen molar-refractivity contribution in [2.45, 2.75) is 38.9 Å². The molecular weight excluding hydrogens is 230 g/mol. The molecule has 1 unspecified atom stereocenters. The molecule has 4 heteroatoms. The number of nitrogens with one attached hydrogen (secondary N) is 1. The average molecular weight is 249 g/mol. The second-order valence-corrected chi connectivity index (χ2v) is 4.60. The van der Waals surface area contributed by atoms with E-state index in [1.807, 2.05) is 31.2 Å². The van der Waals surface area contributed by atoms with Crippen LogP contribution < -0.4 is 5.48 Å². The summed E-state index contributed by atoms with van der Waals surface area (Å²) in [5.41, 5.74) is 4.62. The first-order chi connectivity index (χ1) is 8.74. The highest BCUT2D eigenvalue weighted by atomic mass is 16.8. The molecule has 1 aliphatic rings. The first-order valence-corrected chi connectivity index (χ1v) is 6.36. The molecule has 1 heterocycles. The van der Waals surface area contributed by atoms with Crippen LogP contribution in [0.4, 0.5) is 0 Å². The number of rotatable bonds is 4. The van der Waals surface area contributed by atoms with Gasteiger partial charge in [0.1, 0.15) is 0 Å². The van der Waals surface area contributed by atoms with Crippen LogP contribution in [0, 0.1) is 6.92 Å². The summed E-state index contributed by atoms with van der Waals surface area (Å²) < 4.78 is 5.36. The van der Waals surface area contributed by atoms with E-state index in [-0.39, 0.29) is 12.2 Å². The molecule has 0 spiro atoms. The first kappa shape index (κ1) is 13.1. The number of carbonyl (C=O) groups excluding carboxylic acids is 1. The molecule has 1 amide bonds. The summed E-state index contributed by atoms with van der Waals surface area (Å²) in [5, 5.41) is 0. The molecule has 1 aromatic rings. The van der Waals surface area contributed by atoms with Gasteiger partial charge in [-0.25, -0.2) is 10.3 Å². The third kappa shape index (κ3) is 4.13. The summed E-state index contributed by atoms with van der Waals surface area (Å²) in [6.07, 6.45) is 3.02. The van der Waals surface area contributed by atoms with Gasteiger partial charge in [-0.1, -0.05) is 29.8 Å². The van der Waals surface area contributed by atoms with Gasteiger partial charge in [0.2, 0.25) is 5.91 Å². The topological polar surface area (TPSA) is 47.6 Å². The van der Waals surface area contributed by atoms with Crippen LogP contribution >= 0.6 is 0 Å². The Morgan fingerprint density at radius 1 is 1.39 bits per heavy atom. The van der Waals surface area contributed by atoms with E-state index in [1.54, 1.807) is 0 Å². The maximum absolute atomic E-state index is 11.6. The van der Waals surface area contributed by atoms with Crippen LogP contribution in [-0.4, -0.2) is 18.8 Å². The Kier molecular flexibility index (Phi) is 4.73. The molecule has 1 aliphatic heterocycles. The molecule has 4 nitrogen and oxygen atoms in total. The van der Waals surface area contributed by atoms with E-state index in [4.69, 9.17) is 9.57 Å². The van der Waals surface area contributed by atoms with Crippen molar-refractivity contribution in [2.24, 2.45) is 0 Å². The molecule has 18 heavy (non-hydrogen) atoms. The third-order valence-electron chi connectivity index (χ3n) is 2.93. The molecule has 1 aromatic carbocycles. The summed E-state index contributed by atoms with van der Waals surface area (Å²) in [6.45, 7) is 2.73. The fourth-order valence-electron chi connectivity index (χ4n) is 1.86. The average Bonchev–Trinajstić information content (AvgIpc) is 2.40. The molecule has 98 valence electrons. The normalized spacial score (nSPS) is 19.5. The van der Waals surface area contributed by atoms with Gasteiger partial charge in [0.15, 0.2) is 6.29 Å². The van der Waals surface area contributed by atoms with Crippen molar-refractivity contribution < 1.29 is 14.4 Å². The van der Waals surface area contributed by atoms with Crippen molar-refractivity contribution in [2.75, 3.05) is 6.61 Å². The fraction of sp³-hybridized carbons (Fsp3) is 0.500. The zero-order valence-corrected chi connectivity index (χ0v) is 10.6. The van der Waals surface area contributed by atoms with Crippen molar-refractivity contribution in [3.8, 4) is 0 Å². The van der Waals surface area contributed by atoms with Gasteiger partial charge in [-0.2, -0.15) is 0 Å². The number of hydrogen-bond donors (Lipinski definition) is 1. The van der Waals surface area contributed by atoms with Crippen LogP contribution in [0.5, 0.6) is 0 Å². The summed E-state index contributed by atoms with van der Waals surface area (Å²) in [7, 11) is 0. The van der Waals surface area contributed by atoms with Gasteiger partial charge in [0, 0.05) is 13.0 Å². The van der Waals surface area contributed by atoms with Gasteiger partial charge >= 0.3 is 0 Å². The van der Waals surface area contributed by atoms with Gasteiger partial charge in [-0.3, -0.25) is 4.79 Å². The lowest BCUT2D eigenvalue weighted by atomic mass is 10.1. The smallest absolute Gasteiger partial charge is 0.248 e. The van der Waals surface area contributed by atoms with Crippen LogP contribution in [0.15, 0.2) is 24.3 Å². The van der Waals surface area contributed by atoms with E-state index in [1.165, 1.54) is 5.56 Å². The third-order valence-corrected chi connectivity index (χ3v) is 2.93. The second-order valence-electron chi connectivity index (χ2n) is 4.60. The summed E-state index contributed by atoms with van der Waals surface area (Å²) in [5.74, 6) is -0.145. The molecule has 0 bridgehead atoms. The van der Waals surface area contributed by atoms with Crippen LogP contribution in [0.1, 0.15) is 30.4 Å². The van der Waals surface area contributed by atoms with E-state index < -0.39 is 0 Å². The van der Waals surface area contributed by atoms with E-state index >= 15 is 0 Å². The Hall–Kier alpha value is -1.39. The van der Waals surface area contributed by atoms with Crippen molar-refractivity contribution in [3.63, 3.8) is 0 Å². The number of hydroxylamine groups is 1. The molecule has 1 fully saturated rings. The minimum Gasteiger partial charge on any atom is -0.350 e. The monoisotopic (exact) mass is 249 g/mol. The van der Waals surface area contributed by atoms with E-state index in [2.05, 4.69) is 5.48 Å². The number of carbonyl (C=O) groups is 1. The Balaban J connectivity index is 1.73. The number of benzene rings is 1. The molecule has 1 saturated heterocycles. The summed E-state index contributed by atoms with van der Waals surface area (Å²) >= 11 is 0. The highest BCUT2D eigenvalue weighted by molar-refractivity contribution is 5.77. The van der Waals surface area contributed by atoms with E-state index in [0.29, 0.717) is 13.0 Å². The fourth-order valence-corrected chi connectivity index (χ4v) is 1.86. The molecule has 1 N–H and O–H groups in total. The number of ether oxygens (including phenoxy) is 1. The quantitative estimate of drug-likeness (QED) is 0.831. The number of amides is 1. The highest BCUT2D eigenvalue weighted by Gasteiger charge is 2.15. The van der Waals surface area contributed by atoms with Gasteiger partial charge in [-0.05, 0) is 25.3 Å². The lowest BCUT2D eigenvalue weighted by Crippen LogP contribution is -2.33. The Labute approximate surface area is 107 Å². The van der Waals surface area contributed by atoms with Crippen LogP contribution in [0.2, 0.25) is 0 Å². The van der Waals surface area contributed by atoms with Gasteiger partial charge < -0.3 is 4.74 Å². The Bertz CT molecular complexity index is 383. The van der Waals surface area contributed by atoms with Crippen molar-refractivity contribution in [1.29, 1.82) is 0 Å². The predicted molar refractivity (Wildman–Crippen MR) is 67.7 cm³/mol. The lowest BCUT2D eigenvalue weighted by Gasteiger charge is -2.22. The molecule has 0 radical (unpaired) electrons. The van der Waals surface area contributed by atoms with Gasteiger partial charge in [-0.15, -0.1) is 0 Å². The SMILES string of the molecule is Cc1ccc(CC(=O)NOC2CCCCO2)cc1. The molecule has 0 saturated carbocycles. The molecule has 2 rings (SSSR count). The molecule has 0 aliphatic carbocycles. The maximum Gasteiger partial charge on any atom is 0.248 e. The Morgan fingerprint density at radius 2 is 2.17 bits per heavy atom. The van der Waals surface area contributed by atoms with Crippen molar-refractivity contribution in [1.82, 2.24) is 5.48 Å². The van der Waals surface area contributed by atoms with Gasteiger partial charge in [0.05, 0.1) is 6.42 Å². The summed E-state index contributed by atoms with van der Waals surface area (Å²) in [6, 6.07) is 7.89. The minimum atomic E-state index is -0.291. The second kappa shape index (κ2) is 6.52. The van der Waals surface area contributed by atoms with E-state index in [0.717, 1.165) is 24.8 Å². The van der Waals surface area contributed by atoms with Crippen molar-refractivity contribution in [3.05, 3.63) is 35.4 Å². The molecule has 1 atom stereocenters. The summed E-state index contributed by atoms with van der Waals surface area (Å²) in [4.78, 5) is 16.9. The van der Waals surface area contributed by atoms with Crippen LogP contribution in [0.25, 0.3) is 0 Å². The Morgan fingerprint density at radius 3 is 2.83 bits per heavy atom. The standard InChI is InChI=1S/C14H19NO3/c1-11-5-7-12(8-6-11)10-13(16)15-18-14-4-2-3-9-17-14/h5-8,14H,2-4,9-10H2,1H3,(H,15,16). The maximum atomic E-state index is 11.6. The lowest BCUT2D eigenvalue weighted by molar-refractivity contribution is -0.200. The zero-order valence-electron chi connectivity index (χ0n) is 10.6.